The molecule has 1 aromatic heterocycles. The van der Waals surface area contributed by atoms with Gasteiger partial charge in [-0.2, -0.15) is 0 Å². The number of hydrogen-bond acceptors (Lipinski definition) is 15. The zero-order valence-electron chi connectivity index (χ0n) is 54.6. The minimum Gasteiger partial charge on any atom is -0.481 e. The lowest BCUT2D eigenvalue weighted by molar-refractivity contribution is -0.384. The molecule has 91 heavy (non-hydrogen) atoms. The second kappa shape index (κ2) is 32.1. The number of Topliss-reactive ketones (excluding diaryl/α,β-unsaturated/α-hetero) is 4. The molecular weight excluding hydrogens is 1190 g/mol. The third kappa shape index (κ3) is 23.8. The zero-order valence-corrected chi connectivity index (χ0v) is 55.4. The highest BCUT2D eigenvalue weighted by Gasteiger charge is 2.31. The molecule has 4 aromatic carbocycles. The average Bonchev–Trinajstić information content (AvgIpc) is 1.86. The van der Waals surface area contributed by atoms with E-state index in [0.29, 0.717) is 75.4 Å². The van der Waals surface area contributed by atoms with E-state index in [9.17, 15) is 63.9 Å². The largest absolute Gasteiger partial charge is 0.481 e. The van der Waals surface area contributed by atoms with Crippen LogP contribution < -0.4 is 16.4 Å². The summed E-state index contributed by atoms with van der Waals surface area (Å²) in [6.45, 7) is 24.5. The number of nitro groups is 3. The second-order valence-electron chi connectivity index (χ2n) is 28.3. The number of aliphatic carboxylic acids is 1. The molecule has 0 bridgehead atoms. The Labute approximate surface area is 538 Å². The number of aromatic amines is 1. The standard InChI is InChI=1S/2C17H22N2O4.C17H22N2O.C10H14N2O2.C7H10O3.ClH/c2*1-17(2,3)12-5-6-14(15(10-12)19(22)23)18-16(21)7-4-11-8-13(20)9-11;1-17(2,3)12-5-6-14-15(10-12)19-16(18-14)7-4-11-8-13(20)9-11;1-10(2,3)7-4-5-8(11)9(6-7)12(13)14;8-6-3-5(4-6)1-2-7(9)10;/h2*5-6,10-11H,4,7-9H2,1-3H3,(H,18,21);5-6,10-11H,4,7-9H2,1-3H3,(H,18,19);4-6H,11H2,1-3H3;5H,1-4H2,(H,9,10);1H. The van der Waals surface area contributed by atoms with Gasteiger partial charge in [-0.15, -0.1) is 12.4 Å². The van der Waals surface area contributed by atoms with E-state index in [4.69, 9.17) is 10.8 Å². The van der Waals surface area contributed by atoms with E-state index in [1.165, 1.54) is 23.8 Å². The third-order valence-electron chi connectivity index (χ3n) is 16.4. The Morgan fingerprint density at radius 2 is 0.824 bits per heavy atom. The fourth-order valence-corrected chi connectivity index (χ4v) is 10.2. The predicted molar refractivity (Wildman–Crippen MR) is 354 cm³/mol. The summed E-state index contributed by atoms with van der Waals surface area (Å²) in [5.41, 5.74) is 11.7. The Balaban J connectivity index is 0.000000248. The number of rotatable bonds is 17. The van der Waals surface area contributed by atoms with Crippen molar-refractivity contribution in [1.29, 1.82) is 0 Å². The first-order chi connectivity index (χ1) is 41.7. The summed E-state index contributed by atoms with van der Waals surface area (Å²) in [6, 6.07) is 21.2. The van der Waals surface area contributed by atoms with Crippen LogP contribution in [-0.4, -0.2) is 70.8 Å². The summed E-state index contributed by atoms with van der Waals surface area (Å²) in [5, 5.41) is 46.6. The molecule has 5 aromatic rings. The van der Waals surface area contributed by atoms with E-state index < -0.39 is 20.7 Å². The van der Waals surface area contributed by atoms with Crippen LogP contribution >= 0.6 is 12.4 Å². The number of aromatic nitrogens is 2. The smallest absolute Gasteiger partial charge is 0.303 e. The Morgan fingerprint density at radius 3 is 1.16 bits per heavy atom. The number of nitrogen functional groups attached to an aromatic ring is 1. The van der Waals surface area contributed by atoms with Gasteiger partial charge in [0.1, 0.15) is 46.0 Å². The fourth-order valence-electron chi connectivity index (χ4n) is 10.2. The number of carbonyl (C=O) groups is 7. The number of carbonyl (C=O) groups excluding carboxylic acids is 6. The molecule has 0 unspecified atom stereocenters. The molecule has 0 radical (unpaired) electrons. The van der Waals surface area contributed by atoms with Gasteiger partial charge in [0, 0.05) is 95.2 Å². The highest BCUT2D eigenvalue weighted by molar-refractivity contribution is 5.94. The number of anilines is 3. The van der Waals surface area contributed by atoms with Crippen molar-refractivity contribution >= 4 is 98.5 Å². The molecule has 9 rings (SSSR count). The van der Waals surface area contributed by atoms with E-state index in [1.54, 1.807) is 30.3 Å². The number of amides is 2. The number of fused-ring (bicyclic) bond motifs is 1. The maximum Gasteiger partial charge on any atom is 0.303 e. The quantitative estimate of drug-likeness (QED) is 0.0328. The predicted octanol–water partition coefficient (Wildman–Crippen LogP) is 14.7. The van der Waals surface area contributed by atoms with Crippen molar-refractivity contribution in [2.75, 3.05) is 16.4 Å². The van der Waals surface area contributed by atoms with Crippen molar-refractivity contribution in [2.45, 2.75) is 207 Å². The van der Waals surface area contributed by atoms with Gasteiger partial charge in [-0.25, -0.2) is 4.98 Å². The van der Waals surface area contributed by atoms with Gasteiger partial charge in [0.15, 0.2) is 0 Å². The van der Waals surface area contributed by atoms with E-state index in [2.05, 4.69) is 59.6 Å². The molecule has 4 aliphatic rings. The first kappa shape index (κ1) is 75.2. The molecule has 494 valence electrons. The summed E-state index contributed by atoms with van der Waals surface area (Å²) >= 11 is 0. The molecular formula is C68H91ClN8O14. The van der Waals surface area contributed by atoms with Crippen LogP contribution in [0.2, 0.25) is 0 Å². The maximum atomic E-state index is 12.0. The van der Waals surface area contributed by atoms with Crippen molar-refractivity contribution in [3.8, 4) is 0 Å². The molecule has 1 heterocycles. The van der Waals surface area contributed by atoms with Crippen molar-refractivity contribution in [3.63, 3.8) is 0 Å². The van der Waals surface area contributed by atoms with Crippen molar-refractivity contribution in [2.24, 2.45) is 23.7 Å². The van der Waals surface area contributed by atoms with Crippen LogP contribution in [0.4, 0.5) is 34.1 Å². The van der Waals surface area contributed by atoms with Gasteiger partial charge in [0.05, 0.1) is 25.8 Å². The summed E-state index contributed by atoms with van der Waals surface area (Å²) in [5.74, 6) is 2.46. The molecule has 0 atom stereocenters. The van der Waals surface area contributed by atoms with Crippen molar-refractivity contribution in [1.82, 2.24) is 9.97 Å². The van der Waals surface area contributed by atoms with E-state index in [-0.39, 0.29) is 128 Å². The minimum atomic E-state index is -0.764. The maximum absolute atomic E-state index is 12.0. The highest BCUT2D eigenvalue weighted by atomic mass is 35.5. The zero-order chi connectivity index (χ0) is 67.2. The van der Waals surface area contributed by atoms with E-state index in [1.807, 2.05) is 68.4 Å². The summed E-state index contributed by atoms with van der Waals surface area (Å²) in [6.07, 6.45) is 9.67. The first-order valence-corrected chi connectivity index (χ1v) is 30.7. The van der Waals surface area contributed by atoms with E-state index >= 15 is 0 Å². The Bertz CT molecular complexity index is 3350. The van der Waals surface area contributed by atoms with Crippen molar-refractivity contribution < 1.29 is 53.4 Å². The minimum absolute atomic E-state index is 0. The number of nitro benzene ring substituents is 3. The van der Waals surface area contributed by atoms with Crippen molar-refractivity contribution in [3.05, 3.63) is 131 Å². The molecule has 22 nitrogen and oxygen atoms in total. The number of carboxylic acid groups (broad SMARTS) is 1. The second-order valence-corrected chi connectivity index (χ2v) is 28.3. The third-order valence-corrected chi connectivity index (χ3v) is 16.4. The molecule has 6 N–H and O–H groups in total. The number of imidazole rings is 1. The number of benzene rings is 4. The van der Waals surface area contributed by atoms with Gasteiger partial charge < -0.3 is 26.5 Å². The van der Waals surface area contributed by atoms with Crippen LogP contribution in [0.25, 0.3) is 11.0 Å². The van der Waals surface area contributed by atoms with Gasteiger partial charge in [-0.05, 0) is 124 Å². The Kier molecular flexibility index (Phi) is 26.6. The normalized spacial score (nSPS) is 15.1. The van der Waals surface area contributed by atoms with Gasteiger partial charge in [-0.1, -0.05) is 107 Å². The number of nitrogens with one attached hydrogen (secondary N) is 3. The lowest BCUT2D eigenvalue weighted by Crippen LogP contribution is -2.24. The number of halogens is 1. The average molecular weight is 1280 g/mol. The molecule has 0 aliphatic heterocycles. The van der Waals surface area contributed by atoms with Crippen LogP contribution in [0.1, 0.15) is 207 Å². The molecule has 4 fully saturated rings. The summed E-state index contributed by atoms with van der Waals surface area (Å²) < 4.78 is 0. The van der Waals surface area contributed by atoms with Gasteiger partial charge in [0.2, 0.25) is 11.8 Å². The fraction of sp³-hybridized carbons (Fsp3) is 0.529. The van der Waals surface area contributed by atoms with E-state index in [0.717, 1.165) is 59.2 Å². The number of H-pyrrole nitrogens is 1. The van der Waals surface area contributed by atoms with Crippen LogP contribution in [0.3, 0.4) is 0 Å². The SMILES string of the molecule is CC(C)(C)c1ccc(N)c([N+](=O)[O-])c1.CC(C)(C)c1ccc(NC(=O)CCC2CC(=O)C2)c([N+](=O)[O-])c1.CC(C)(C)c1ccc(NC(=O)CCC2CC(=O)C2)c([N+](=O)[O-])c1.CC(C)(C)c1ccc2nc(CCC3CC(=O)C3)[nH]c2c1.Cl.O=C(O)CCC1CC(=O)C1. The number of aryl methyl sites for hydroxylation is 1. The molecule has 0 spiro atoms. The number of nitrogens with zero attached hydrogens (tertiary/aromatic N) is 4. The van der Waals surface area contributed by atoms with Crippen LogP contribution in [-0.2, 0) is 61.6 Å². The molecule has 0 saturated heterocycles. The Morgan fingerprint density at radius 1 is 0.505 bits per heavy atom. The number of nitrogens with two attached hydrogens (primary N) is 1. The van der Waals surface area contributed by atoms with Gasteiger partial charge in [-0.3, -0.25) is 63.9 Å². The van der Waals surface area contributed by atoms with Crippen LogP contribution in [0.15, 0.2) is 72.8 Å². The van der Waals surface area contributed by atoms with Gasteiger partial charge >= 0.3 is 5.97 Å². The first-order valence-electron chi connectivity index (χ1n) is 30.7. The molecule has 23 heteroatoms. The molecule has 4 saturated carbocycles. The highest BCUT2D eigenvalue weighted by Crippen LogP contribution is 2.36. The molecule has 4 aliphatic carbocycles. The topological polar surface area (TPSA) is 348 Å². The number of carboxylic acids is 1. The summed E-state index contributed by atoms with van der Waals surface area (Å²) in [7, 11) is 0. The Hall–Kier alpha value is -8.27. The number of hydrogen-bond donors (Lipinski definition) is 5. The molecule has 2 amide bonds. The lowest BCUT2D eigenvalue weighted by atomic mass is 9.81. The van der Waals surface area contributed by atoms with Crippen LogP contribution in [0.5, 0.6) is 0 Å². The van der Waals surface area contributed by atoms with Gasteiger partial charge in [0.25, 0.3) is 17.1 Å². The van der Waals surface area contributed by atoms with Crippen LogP contribution in [0, 0.1) is 54.0 Å². The number of ketones is 4. The summed E-state index contributed by atoms with van der Waals surface area (Å²) in [4.78, 5) is 117. The monoisotopic (exact) mass is 1280 g/mol. The lowest BCUT2D eigenvalue weighted by Gasteiger charge is -2.23.